The average molecular weight is 196 g/mol. The first-order chi connectivity index (χ1) is 6.15. The number of ketones is 1. The van der Waals surface area contributed by atoms with Crippen LogP contribution in [0, 0.1) is 6.92 Å². The molecule has 0 aromatic heterocycles. The van der Waals surface area contributed by atoms with E-state index in [1.165, 1.54) is 0 Å². The van der Waals surface area contributed by atoms with Gasteiger partial charge in [0.15, 0.2) is 5.78 Å². The monoisotopic (exact) mass is 196 g/mol. The van der Waals surface area contributed by atoms with Crippen molar-refractivity contribution in [3.63, 3.8) is 0 Å². The van der Waals surface area contributed by atoms with Crippen LogP contribution in [-0.4, -0.2) is 5.78 Å². The Labute approximate surface area is 80.6 Å². The number of aryl methyl sites for hydroxylation is 1. The van der Waals surface area contributed by atoms with E-state index in [0.717, 1.165) is 16.7 Å². The van der Waals surface area contributed by atoms with Crippen molar-refractivity contribution in [1.29, 1.82) is 0 Å². The first-order valence-electron chi connectivity index (χ1n) is 4.07. The first kappa shape index (κ1) is 10.4. The van der Waals surface area contributed by atoms with Gasteiger partial charge >= 0.3 is 0 Å². The lowest BCUT2D eigenvalue weighted by Crippen LogP contribution is -2.00. The molecule has 0 heterocycles. The largest absolute Gasteiger partial charge is 0.361 e. The van der Waals surface area contributed by atoms with Crippen molar-refractivity contribution in [2.45, 2.75) is 20.5 Å². The predicted octanol–water partition coefficient (Wildman–Crippen LogP) is 2.50. The van der Waals surface area contributed by atoms with E-state index in [0.29, 0.717) is 6.61 Å². The molecule has 0 aliphatic rings. The molecule has 1 atom stereocenters. The van der Waals surface area contributed by atoms with Gasteiger partial charge in [-0.1, -0.05) is 23.8 Å². The van der Waals surface area contributed by atoms with Gasteiger partial charge in [0.2, 0.25) is 0 Å². The molecular formula is C10H13O2P. The topological polar surface area (TPSA) is 26.3 Å². The Morgan fingerprint density at radius 2 is 2.23 bits per heavy atom. The normalized spacial score (nSPS) is 10.1. The molecule has 0 N–H and O–H groups in total. The summed E-state index contributed by atoms with van der Waals surface area (Å²) in [6, 6.07) is 5.75. The summed E-state index contributed by atoms with van der Waals surface area (Å²) < 4.78 is 4.94. The number of rotatable bonds is 3. The SMILES string of the molecule is CC(=O)c1ccc(C)cc1COP. The molecule has 0 radical (unpaired) electrons. The number of benzene rings is 1. The summed E-state index contributed by atoms with van der Waals surface area (Å²) in [6.07, 6.45) is 0. The smallest absolute Gasteiger partial charge is 0.160 e. The second kappa shape index (κ2) is 4.50. The summed E-state index contributed by atoms with van der Waals surface area (Å²) in [5.41, 5.74) is 2.83. The molecule has 2 nitrogen and oxygen atoms in total. The van der Waals surface area contributed by atoms with Crippen LogP contribution in [0.1, 0.15) is 28.4 Å². The van der Waals surface area contributed by atoms with Gasteiger partial charge in [-0.2, -0.15) is 0 Å². The molecule has 1 rings (SSSR count). The Balaban J connectivity index is 3.10. The molecule has 0 saturated heterocycles. The molecule has 0 aliphatic heterocycles. The van der Waals surface area contributed by atoms with E-state index in [1.807, 2.05) is 25.1 Å². The maximum absolute atomic E-state index is 11.2. The second-order valence-corrected chi connectivity index (χ2v) is 3.36. The van der Waals surface area contributed by atoms with Crippen molar-refractivity contribution >= 4 is 15.2 Å². The number of hydrogen-bond donors (Lipinski definition) is 0. The molecule has 0 bridgehead atoms. The zero-order chi connectivity index (χ0) is 9.84. The quantitative estimate of drug-likeness (QED) is 0.548. The fraction of sp³-hybridized carbons (Fsp3) is 0.300. The van der Waals surface area contributed by atoms with Gasteiger partial charge in [0.25, 0.3) is 0 Å². The molecule has 13 heavy (non-hydrogen) atoms. The van der Waals surface area contributed by atoms with Crippen molar-refractivity contribution in [3.8, 4) is 0 Å². The highest BCUT2D eigenvalue weighted by Gasteiger charge is 2.06. The van der Waals surface area contributed by atoms with Gasteiger partial charge in [0, 0.05) is 15.0 Å². The minimum absolute atomic E-state index is 0.0806. The van der Waals surface area contributed by atoms with E-state index >= 15 is 0 Å². The van der Waals surface area contributed by atoms with Crippen molar-refractivity contribution < 1.29 is 9.32 Å². The standard InChI is InChI=1S/C10H13O2P/c1-7-3-4-10(8(2)11)9(5-7)6-12-13/h3-5H,6,13H2,1-2H3. The molecule has 70 valence electrons. The third-order valence-electron chi connectivity index (χ3n) is 1.88. The summed E-state index contributed by atoms with van der Waals surface area (Å²) in [4.78, 5) is 11.2. The molecule has 1 aromatic rings. The Kier molecular flexibility index (Phi) is 3.58. The van der Waals surface area contributed by atoms with Crippen LogP contribution in [-0.2, 0) is 11.1 Å². The minimum Gasteiger partial charge on any atom is -0.361 e. The Morgan fingerprint density at radius 1 is 1.54 bits per heavy atom. The highest BCUT2D eigenvalue weighted by molar-refractivity contribution is 7.09. The number of Topliss-reactive ketones (excluding diaryl/α,β-unsaturated/α-hetero) is 1. The summed E-state index contributed by atoms with van der Waals surface area (Å²) >= 11 is 0. The molecule has 1 aromatic carbocycles. The highest BCUT2D eigenvalue weighted by Crippen LogP contribution is 2.14. The van der Waals surface area contributed by atoms with Gasteiger partial charge in [0.1, 0.15) is 0 Å². The summed E-state index contributed by atoms with van der Waals surface area (Å²) in [6.45, 7) is 4.02. The maximum atomic E-state index is 11.2. The van der Waals surface area contributed by atoms with E-state index in [1.54, 1.807) is 6.92 Å². The molecular weight excluding hydrogens is 183 g/mol. The van der Waals surface area contributed by atoms with Gasteiger partial charge < -0.3 is 4.52 Å². The molecule has 1 unspecified atom stereocenters. The van der Waals surface area contributed by atoms with Crippen LogP contribution >= 0.6 is 9.47 Å². The fourth-order valence-corrected chi connectivity index (χ4v) is 1.45. The van der Waals surface area contributed by atoms with Crippen LogP contribution in [0.15, 0.2) is 18.2 Å². The maximum Gasteiger partial charge on any atom is 0.160 e. The second-order valence-electron chi connectivity index (χ2n) is 3.03. The zero-order valence-electron chi connectivity index (χ0n) is 7.83. The van der Waals surface area contributed by atoms with Crippen LogP contribution in [0.3, 0.4) is 0 Å². The highest BCUT2D eigenvalue weighted by atomic mass is 31.0. The van der Waals surface area contributed by atoms with Crippen molar-refractivity contribution in [2.75, 3.05) is 0 Å². The Bertz CT molecular complexity index is 321. The minimum atomic E-state index is 0.0806. The van der Waals surface area contributed by atoms with Gasteiger partial charge in [-0.3, -0.25) is 4.79 Å². The van der Waals surface area contributed by atoms with Gasteiger partial charge in [-0.05, 0) is 19.4 Å². The average Bonchev–Trinajstić information content (AvgIpc) is 2.04. The number of hydrogen-bond acceptors (Lipinski definition) is 2. The molecule has 3 heteroatoms. The van der Waals surface area contributed by atoms with Gasteiger partial charge in [-0.15, -0.1) is 0 Å². The summed E-state index contributed by atoms with van der Waals surface area (Å²) in [5.74, 6) is 0.0806. The van der Waals surface area contributed by atoms with Crippen LogP contribution in [0.25, 0.3) is 0 Å². The van der Waals surface area contributed by atoms with Crippen molar-refractivity contribution in [1.82, 2.24) is 0 Å². The summed E-state index contributed by atoms with van der Waals surface area (Å²) in [5, 5.41) is 0. The number of carbonyl (C=O) groups excluding carboxylic acids is 1. The molecule has 0 aliphatic carbocycles. The van der Waals surface area contributed by atoms with Crippen molar-refractivity contribution in [2.24, 2.45) is 0 Å². The van der Waals surface area contributed by atoms with E-state index in [9.17, 15) is 4.79 Å². The zero-order valence-corrected chi connectivity index (χ0v) is 8.99. The van der Waals surface area contributed by atoms with Gasteiger partial charge in [-0.25, -0.2) is 0 Å². The first-order valence-corrected chi connectivity index (χ1v) is 4.54. The number of carbonyl (C=O) groups is 1. The molecule has 0 saturated carbocycles. The van der Waals surface area contributed by atoms with Crippen LogP contribution < -0.4 is 0 Å². The Hall–Kier alpha value is -0.720. The van der Waals surface area contributed by atoms with E-state index < -0.39 is 0 Å². The van der Waals surface area contributed by atoms with E-state index in [2.05, 4.69) is 9.47 Å². The lowest BCUT2D eigenvalue weighted by atomic mass is 10.0. The Morgan fingerprint density at radius 3 is 2.77 bits per heavy atom. The predicted molar refractivity (Wildman–Crippen MR) is 55.7 cm³/mol. The summed E-state index contributed by atoms with van der Waals surface area (Å²) in [7, 11) is 2.19. The third-order valence-corrected chi connectivity index (χ3v) is 2.05. The van der Waals surface area contributed by atoms with Crippen LogP contribution in [0.2, 0.25) is 0 Å². The van der Waals surface area contributed by atoms with Gasteiger partial charge in [0.05, 0.1) is 6.61 Å². The lowest BCUT2D eigenvalue weighted by molar-refractivity contribution is 0.101. The fourth-order valence-electron chi connectivity index (χ4n) is 1.28. The van der Waals surface area contributed by atoms with Crippen LogP contribution in [0.4, 0.5) is 0 Å². The lowest BCUT2D eigenvalue weighted by Gasteiger charge is -2.06. The van der Waals surface area contributed by atoms with Crippen molar-refractivity contribution in [3.05, 3.63) is 34.9 Å². The molecule has 0 amide bonds. The molecule has 0 fully saturated rings. The third kappa shape index (κ3) is 2.61. The molecule has 0 spiro atoms. The van der Waals surface area contributed by atoms with Crippen LogP contribution in [0.5, 0.6) is 0 Å². The van der Waals surface area contributed by atoms with E-state index in [-0.39, 0.29) is 5.78 Å². The van der Waals surface area contributed by atoms with E-state index in [4.69, 9.17) is 4.52 Å².